The molecule has 0 bridgehead atoms. The van der Waals surface area contributed by atoms with Gasteiger partial charge in [-0.05, 0) is 25.0 Å². The number of fused-ring (bicyclic) bond motifs is 1. The molecule has 3 aromatic heterocycles. The molecule has 3 aromatic rings. The van der Waals surface area contributed by atoms with Gasteiger partial charge in [0, 0.05) is 18.0 Å². The number of anilines is 1. The van der Waals surface area contributed by atoms with Gasteiger partial charge in [0.2, 0.25) is 5.91 Å². The molecule has 1 fully saturated rings. The first-order valence-corrected chi connectivity index (χ1v) is 8.84. The van der Waals surface area contributed by atoms with Crippen LogP contribution in [0.15, 0.2) is 29.3 Å². The first kappa shape index (κ1) is 17.3. The largest absolute Gasteiger partial charge is 0.322 e. The smallest absolute Gasteiger partial charge is 0.293 e. The number of halogens is 1. The number of nitrogens with one attached hydrogen (secondary N) is 1. The second-order valence-corrected chi connectivity index (χ2v) is 7.02. The van der Waals surface area contributed by atoms with Crippen LogP contribution in [0.4, 0.5) is 10.1 Å². The predicted octanol–water partition coefficient (Wildman–Crippen LogP) is 2.06. The lowest BCUT2D eigenvalue weighted by atomic mass is 10.2. The highest BCUT2D eigenvalue weighted by atomic mass is 19.1. The molecule has 4 rings (SSSR count). The lowest BCUT2D eigenvalue weighted by Gasteiger charge is -2.12. The molecule has 0 unspecified atom stereocenters. The zero-order valence-corrected chi connectivity index (χ0v) is 15.0. The van der Waals surface area contributed by atoms with Crippen molar-refractivity contribution in [3.8, 4) is 0 Å². The van der Waals surface area contributed by atoms with Crippen molar-refractivity contribution < 1.29 is 9.18 Å². The Morgan fingerprint density at radius 2 is 2.15 bits per heavy atom. The maximum absolute atomic E-state index is 13.7. The van der Waals surface area contributed by atoms with E-state index < -0.39 is 17.3 Å². The van der Waals surface area contributed by atoms with Gasteiger partial charge in [0.1, 0.15) is 12.1 Å². The highest BCUT2D eigenvalue weighted by Crippen LogP contribution is 2.39. The Bertz CT molecular complexity index is 1080. The van der Waals surface area contributed by atoms with E-state index in [4.69, 9.17) is 0 Å². The van der Waals surface area contributed by atoms with Gasteiger partial charge >= 0.3 is 0 Å². The van der Waals surface area contributed by atoms with Crippen LogP contribution in [0.1, 0.15) is 50.0 Å². The Labute approximate surface area is 154 Å². The predicted molar refractivity (Wildman–Crippen MR) is 96.1 cm³/mol. The summed E-state index contributed by atoms with van der Waals surface area (Å²) in [6.07, 6.45) is 4.53. The molecule has 27 heavy (non-hydrogen) atoms. The normalized spacial score (nSPS) is 14.1. The van der Waals surface area contributed by atoms with Gasteiger partial charge in [-0.1, -0.05) is 13.8 Å². The third-order valence-corrected chi connectivity index (χ3v) is 4.47. The Balaban J connectivity index is 1.68. The monoisotopic (exact) mass is 370 g/mol. The molecule has 9 heteroatoms. The van der Waals surface area contributed by atoms with E-state index in [9.17, 15) is 14.0 Å². The van der Waals surface area contributed by atoms with Gasteiger partial charge < -0.3 is 5.32 Å². The average molecular weight is 370 g/mol. The maximum atomic E-state index is 13.7. The number of carbonyl (C=O) groups is 1. The summed E-state index contributed by atoms with van der Waals surface area (Å²) in [6, 6.07) is 3.13. The van der Waals surface area contributed by atoms with Crippen molar-refractivity contribution in [1.82, 2.24) is 24.4 Å². The van der Waals surface area contributed by atoms with Crippen molar-refractivity contribution in [1.29, 1.82) is 0 Å². The lowest BCUT2D eigenvalue weighted by Crippen LogP contribution is -2.32. The van der Waals surface area contributed by atoms with Crippen molar-refractivity contribution in [2.24, 2.45) is 0 Å². The van der Waals surface area contributed by atoms with Crippen LogP contribution >= 0.6 is 0 Å². The van der Waals surface area contributed by atoms with Gasteiger partial charge in [-0.15, -0.1) is 0 Å². The molecule has 0 radical (unpaired) electrons. The quantitative estimate of drug-likeness (QED) is 0.742. The zero-order valence-electron chi connectivity index (χ0n) is 15.0. The van der Waals surface area contributed by atoms with Crippen LogP contribution in [0.25, 0.3) is 5.52 Å². The molecule has 1 amide bonds. The number of nitrogens with zero attached hydrogens (tertiary/aromatic N) is 5. The van der Waals surface area contributed by atoms with Crippen LogP contribution in [0.2, 0.25) is 0 Å². The number of hydrogen-bond acceptors (Lipinski definition) is 5. The number of amides is 1. The molecule has 0 spiro atoms. The van der Waals surface area contributed by atoms with Gasteiger partial charge in [0.05, 0.1) is 17.6 Å². The minimum Gasteiger partial charge on any atom is -0.322 e. The number of carbonyl (C=O) groups excluding carboxylic acids is 1. The van der Waals surface area contributed by atoms with Crippen molar-refractivity contribution in [3.05, 3.63) is 52.2 Å². The molecule has 0 atom stereocenters. The summed E-state index contributed by atoms with van der Waals surface area (Å²) in [6.45, 7) is 3.57. The summed E-state index contributed by atoms with van der Waals surface area (Å²) in [4.78, 5) is 28.7. The Morgan fingerprint density at radius 1 is 1.37 bits per heavy atom. The van der Waals surface area contributed by atoms with Crippen molar-refractivity contribution >= 4 is 17.1 Å². The summed E-state index contributed by atoms with van der Waals surface area (Å²) in [5, 5.41) is 11.3. The van der Waals surface area contributed by atoms with E-state index in [0.717, 1.165) is 29.4 Å². The van der Waals surface area contributed by atoms with E-state index in [0.29, 0.717) is 17.3 Å². The topological polar surface area (TPSA) is 94.2 Å². The summed E-state index contributed by atoms with van der Waals surface area (Å²) in [5.41, 5.74) is 0.896. The minimum atomic E-state index is -0.644. The van der Waals surface area contributed by atoms with Gasteiger partial charge in [-0.2, -0.15) is 10.2 Å². The standard InChI is InChI=1S/C18H19FN6O2/c1-10(2)17-23-24(9-16(26)21-13-5-6-20-8-12(13)19)18(27)15-7-14(11-3-4-11)22-25(15)17/h5-8,10-11H,3-4,9H2,1-2H3,(H,20,21,26). The summed E-state index contributed by atoms with van der Waals surface area (Å²) in [5.74, 6) is -0.188. The zero-order chi connectivity index (χ0) is 19.1. The molecular formula is C18H19FN6O2. The molecule has 0 saturated heterocycles. The highest BCUT2D eigenvalue weighted by molar-refractivity contribution is 5.90. The number of rotatable bonds is 5. The third kappa shape index (κ3) is 3.32. The minimum absolute atomic E-state index is 0.00649. The summed E-state index contributed by atoms with van der Waals surface area (Å²) < 4.78 is 16.3. The van der Waals surface area contributed by atoms with Gasteiger partial charge in [-0.3, -0.25) is 14.6 Å². The number of hydrogen-bond donors (Lipinski definition) is 1. The SMILES string of the molecule is CC(C)c1nn(CC(=O)Nc2ccncc2F)c(=O)c2cc(C3CC3)nn12. The molecule has 8 nitrogen and oxygen atoms in total. The molecule has 1 saturated carbocycles. The molecule has 1 N–H and O–H groups in total. The van der Waals surface area contributed by atoms with E-state index in [2.05, 4.69) is 20.5 Å². The summed E-state index contributed by atoms with van der Waals surface area (Å²) in [7, 11) is 0. The van der Waals surface area contributed by atoms with Crippen LogP contribution in [0.3, 0.4) is 0 Å². The van der Waals surface area contributed by atoms with Crippen LogP contribution in [0.5, 0.6) is 0 Å². The summed E-state index contributed by atoms with van der Waals surface area (Å²) >= 11 is 0. The fourth-order valence-electron chi connectivity index (χ4n) is 2.92. The second kappa shape index (κ2) is 6.57. The molecule has 140 valence electrons. The lowest BCUT2D eigenvalue weighted by molar-refractivity contribution is -0.117. The van der Waals surface area contributed by atoms with Crippen LogP contribution in [0, 0.1) is 5.82 Å². The van der Waals surface area contributed by atoms with E-state index in [1.807, 2.05) is 13.8 Å². The number of aromatic nitrogens is 5. The van der Waals surface area contributed by atoms with E-state index in [1.165, 1.54) is 12.3 Å². The van der Waals surface area contributed by atoms with Crippen molar-refractivity contribution in [2.75, 3.05) is 5.32 Å². The average Bonchev–Trinajstić information content (AvgIpc) is 3.38. The highest BCUT2D eigenvalue weighted by Gasteiger charge is 2.28. The second-order valence-electron chi connectivity index (χ2n) is 7.02. The third-order valence-electron chi connectivity index (χ3n) is 4.47. The van der Waals surface area contributed by atoms with Crippen molar-refractivity contribution in [2.45, 2.75) is 45.1 Å². The Kier molecular flexibility index (Phi) is 4.21. The van der Waals surface area contributed by atoms with E-state index >= 15 is 0 Å². The van der Waals surface area contributed by atoms with Gasteiger partial charge in [-0.25, -0.2) is 13.6 Å². The van der Waals surface area contributed by atoms with Crippen molar-refractivity contribution in [3.63, 3.8) is 0 Å². The van der Waals surface area contributed by atoms with Crippen LogP contribution in [-0.4, -0.2) is 30.3 Å². The Morgan fingerprint density at radius 3 is 2.81 bits per heavy atom. The Hall–Kier alpha value is -3.10. The van der Waals surface area contributed by atoms with E-state index in [1.54, 1.807) is 10.6 Å². The number of pyridine rings is 1. The fraction of sp³-hybridized carbons (Fsp3) is 0.389. The van der Waals surface area contributed by atoms with Gasteiger partial charge in [0.15, 0.2) is 11.6 Å². The van der Waals surface area contributed by atoms with Crippen LogP contribution < -0.4 is 10.9 Å². The molecule has 3 heterocycles. The fourth-order valence-corrected chi connectivity index (χ4v) is 2.92. The van der Waals surface area contributed by atoms with Gasteiger partial charge in [0.25, 0.3) is 5.56 Å². The molecule has 0 aliphatic heterocycles. The molecule has 1 aliphatic rings. The molecule has 1 aliphatic carbocycles. The van der Waals surface area contributed by atoms with Crippen LogP contribution in [-0.2, 0) is 11.3 Å². The first-order chi connectivity index (χ1) is 12.9. The molecular weight excluding hydrogens is 351 g/mol. The first-order valence-electron chi connectivity index (χ1n) is 8.84. The molecule has 0 aromatic carbocycles. The van der Waals surface area contributed by atoms with E-state index in [-0.39, 0.29) is 18.2 Å². The maximum Gasteiger partial charge on any atom is 0.293 e.